The van der Waals surface area contributed by atoms with Gasteiger partial charge in [-0.2, -0.15) is 0 Å². The number of methoxy groups -OCH3 is 1. The highest BCUT2D eigenvalue weighted by Crippen LogP contribution is 2.21. The summed E-state index contributed by atoms with van der Waals surface area (Å²) in [6.45, 7) is 5.28. The molecule has 0 radical (unpaired) electrons. The molecule has 1 N–H and O–H groups in total. The number of hydrogen-bond acceptors (Lipinski definition) is 5. The first kappa shape index (κ1) is 19.7. The average molecular weight is 382 g/mol. The van der Waals surface area contributed by atoms with E-state index in [0.29, 0.717) is 25.3 Å². The molecule has 2 amide bonds. The van der Waals surface area contributed by atoms with Gasteiger partial charge in [0.25, 0.3) is 11.8 Å². The van der Waals surface area contributed by atoms with Gasteiger partial charge in [-0.25, -0.2) is 4.98 Å². The van der Waals surface area contributed by atoms with E-state index in [4.69, 9.17) is 4.74 Å². The summed E-state index contributed by atoms with van der Waals surface area (Å²) in [4.78, 5) is 33.2. The van der Waals surface area contributed by atoms with Crippen molar-refractivity contribution in [2.45, 2.75) is 13.3 Å². The van der Waals surface area contributed by atoms with Gasteiger partial charge < -0.3 is 19.9 Å². The first-order valence-corrected chi connectivity index (χ1v) is 9.56. The molecule has 2 heterocycles. The van der Waals surface area contributed by atoms with Crippen molar-refractivity contribution in [3.8, 4) is 5.75 Å². The Balaban J connectivity index is 1.61. The summed E-state index contributed by atoms with van der Waals surface area (Å²) < 4.78 is 5.20. The van der Waals surface area contributed by atoms with Crippen molar-refractivity contribution < 1.29 is 14.3 Å². The van der Waals surface area contributed by atoms with E-state index in [1.807, 2.05) is 31.2 Å². The number of amides is 2. The lowest BCUT2D eigenvalue weighted by Gasteiger charge is -2.36. The van der Waals surface area contributed by atoms with Crippen molar-refractivity contribution in [2.75, 3.05) is 44.7 Å². The summed E-state index contributed by atoms with van der Waals surface area (Å²) in [6, 6.07) is 12.9. The van der Waals surface area contributed by atoms with Crippen LogP contribution in [0, 0.1) is 0 Å². The number of anilines is 1. The van der Waals surface area contributed by atoms with Crippen LogP contribution in [0.3, 0.4) is 0 Å². The molecule has 2 aromatic rings. The summed E-state index contributed by atoms with van der Waals surface area (Å²) >= 11 is 0. The third-order valence-corrected chi connectivity index (χ3v) is 4.74. The fraction of sp³-hybridized carbons (Fsp3) is 0.381. The van der Waals surface area contributed by atoms with E-state index in [0.717, 1.165) is 30.9 Å². The SMILES string of the molecule is CCCNC(=O)c1cccc(C(=O)N2CCN(c3ccc(OC)cc3)CC2)n1. The van der Waals surface area contributed by atoms with E-state index in [1.165, 1.54) is 0 Å². The number of aromatic nitrogens is 1. The number of benzene rings is 1. The fourth-order valence-electron chi connectivity index (χ4n) is 3.13. The van der Waals surface area contributed by atoms with Crippen LogP contribution < -0.4 is 15.0 Å². The molecule has 0 saturated carbocycles. The zero-order valence-corrected chi connectivity index (χ0v) is 16.4. The highest BCUT2D eigenvalue weighted by Gasteiger charge is 2.23. The number of rotatable bonds is 6. The highest BCUT2D eigenvalue weighted by atomic mass is 16.5. The number of nitrogens with zero attached hydrogens (tertiary/aromatic N) is 3. The second-order valence-electron chi connectivity index (χ2n) is 6.64. The van der Waals surface area contributed by atoms with E-state index in [-0.39, 0.29) is 17.5 Å². The van der Waals surface area contributed by atoms with E-state index in [9.17, 15) is 9.59 Å². The maximum Gasteiger partial charge on any atom is 0.272 e. The summed E-state index contributed by atoms with van der Waals surface area (Å²) in [6.07, 6.45) is 0.850. The molecule has 1 aliphatic heterocycles. The van der Waals surface area contributed by atoms with Gasteiger partial charge in [0.05, 0.1) is 7.11 Å². The predicted octanol–water partition coefficient (Wildman–Crippen LogP) is 2.19. The van der Waals surface area contributed by atoms with Gasteiger partial charge in [0.2, 0.25) is 0 Å². The van der Waals surface area contributed by atoms with Crippen molar-refractivity contribution >= 4 is 17.5 Å². The molecule has 7 nitrogen and oxygen atoms in total. The average Bonchev–Trinajstić information content (AvgIpc) is 2.77. The van der Waals surface area contributed by atoms with Crippen molar-refractivity contribution in [2.24, 2.45) is 0 Å². The van der Waals surface area contributed by atoms with Gasteiger partial charge in [0.15, 0.2) is 0 Å². The molecule has 0 bridgehead atoms. The molecule has 148 valence electrons. The summed E-state index contributed by atoms with van der Waals surface area (Å²) in [5, 5.41) is 2.78. The lowest BCUT2D eigenvalue weighted by atomic mass is 10.2. The van der Waals surface area contributed by atoms with Crippen LogP contribution in [0.25, 0.3) is 0 Å². The Bertz CT molecular complexity index is 815. The standard InChI is InChI=1S/C21H26N4O3/c1-3-11-22-20(26)18-5-4-6-19(23-18)21(27)25-14-12-24(13-15-25)16-7-9-17(28-2)10-8-16/h4-10H,3,11-15H2,1-2H3,(H,22,26). The maximum atomic E-state index is 12.8. The molecule has 1 saturated heterocycles. The van der Waals surface area contributed by atoms with Gasteiger partial charge in [0.1, 0.15) is 17.1 Å². The van der Waals surface area contributed by atoms with Gasteiger partial charge in [0, 0.05) is 38.4 Å². The van der Waals surface area contributed by atoms with E-state index < -0.39 is 0 Å². The van der Waals surface area contributed by atoms with E-state index >= 15 is 0 Å². The molecular weight excluding hydrogens is 356 g/mol. The minimum absolute atomic E-state index is 0.139. The van der Waals surface area contributed by atoms with Gasteiger partial charge >= 0.3 is 0 Å². The minimum atomic E-state index is -0.249. The molecule has 1 aromatic heterocycles. The van der Waals surface area contributed by atoms with Crippen molar-refractivity contribution in [1.29, 1.82) is 0 Å². The Hall–Kier alpha value is -3.09. The van der Waals surface area contributed by atoms with Crippen LogP contribution in [-0.2, 0) is 0 Å². The second kappa shape index (κ2) is 9.21. The first-order chi connectivity index (χ1) is 13.6. The number of carbonyl (C=O) groups excluding carboxylic acids is 2. The largest absolute Gasteiger partial charge is 0.497 e. The molecule has 28 heavy (non-hydrogen) atoms. The van der Waals surface area contributed by atoms with Gasteiger partial charge in [-0.15, -0.1) is 0 Å². The molecule has 3 rings (SSSR count). The Morgan fingerprint density at radius 3 is 2.36 bits per heavy atom. The van der Waals surface area contributed by atoms with E-state index in [2.05, 4.69) is 15.2 Å². The second-order valence-corrected chi connectivity index (χ2v) is 6.64. The van der Waals surface area contributed by atoms with Crippen LogP contribution in [0.5, 0.6) is 5.75 Å². The molecule has 1 aliphatic rings. The van der Waals surface area contributed by atoms with Gasteiger partial charge in [-0.3, -0.25) is 9.59 Å². The number of piperazine rings is 1. The Morgan fingerprint density at radius 1 is 1.04 bits per heavy atom. The van der Waals surface area contributed by atoms with Crippen LogP contribution >= 0.6 is 0 Å². The maximum absolute atomic E-state index is 12.8. The lowest BCUT2D eigenvalue weighted by molar-refractivity contribution is 0.0740. The molecule has 1 fully saturated rings. The van der Waals surface area contributed by atoms with Crippen molar-refractivity contribution in [3.05, 3.63) is 53.9 Å². The third-order valence-electron chi connectivity index (χ3n) is 4.74. The minimum Gasteiger partial charge on any atom is -0.497 e. The normalized spacial score (nSPS) is 13.9. The molecule has 0 atom stereocenters. The third kappa shape index (κ3) is 4.60. The number of hydrogen-bond donors (Lipinski definition) is 1. The number of carbonyl (C=O) groups is 2. The molecule has 7 heteroatoms. The molecule has 1 aromatic carbocycles. The van der Waals surface area contributed by atoms with Crippen LogP contribution in [0.1, 0.15) is 34.3 Å². The monoisotopic (exact) mass is 382 g/mol. The molecule has 0 spiro atoms. The van der Waals surface area contributed by atoms with Gasteiger partial charge in [-0.05, 0) is 42.8 Å². The number of nitrogens with one attached hydrogen (secondary N) is 1. The molecular formula is C21H26N4O3. The molecule has 0 aliphatic carbocycles. The first-order valence-electron chi connectivity index (χ1n) is 9.56. The summed E-state index contributed by atoms with van der Waals surface area (Å²) in [5.74, 6) is 0.437. The van der Waals surface area contributed by atoms with Crippen LogP contribution in [0.4, 0.5) is 5.69 Å². The Kier molecular flexibility index (Phi) is 6.47. The Morgan fingerprint density at radius 2 is 1.71 bits per heavy atom. The highest BCUT2D eigenvalue weighted by molar-refractivity contribution is 5.96. The van der Waals surface area contributed by atoms with E-state index in [1.54, 1.807) is 30.2 Å². The smallest absolute Gasteiger partial charge is 0.272 e. The summed E-state index contributed by atoms with van der Waals surface area (Å²) in [5.41, 5.74) is 1.69. The lowest BCUT2D eigenvalue weighted by Crippen LogP contribution is -2.49. The predicted molar refractivity (Wildman–Crippen MR) is 108 cm³/mol. The van der Waals surface area contributed by atoms with Crippen LogP contribution in [0.15, 0.2) is 42.5 Å². The van der Waals surface area contributed by atoms with Gasteiger partial charge in [-0.1, -0.05) is 13.0 Å². The zero-order valence-electron chi connectivity index (χ0n) is 16.4. The van der Waals surface area contributed by atoms with Crippen LogP contribution in [-0.4, -0.2) is 61.5 Å². The quantitative estimate of drug-likeness (QED) is 0.829. The number of ether oxygens (including phenoxy) is 1. The fourth-order valence-corrected chi connectivity index (χ4v) is 3.13. The van der Waals surface area contributed by atoms with Crippen LogP contribution in [0.2, 0.25) is 0 Å². The Labute approximate surface area is 165 Å². The topological polar surface area (TPSA) is 74.8 Å². The summed E-state index contributed by atoms with van der Waals surface area (Å²) in [7, 11) is 1.65. The molecule has 0 unspecified atom stereocenters. The van der Waals surface area contributed by atoms with Crippen molar-refractivity contribution in [1.82, 2.24) is 15.2 Å². The van der Waals surface area contributed by atoms with Crippen molar-refractivity contribution in [3.63, 3.8) is 0 Å². The zero-order chi connectivity index (χ0) is 19.9. The number of pyridine rings is 1.